The maximum atomic E-state index is 12.4. The van der Waals surface area contributed by atoms with Gasteiger partial charge in [-0.1, -0.05) is 24.6 Å². The molecule has 1 heterocycles. The molecule has 1 amide bonds. The zero-order chi connectivity index (χ0) is 23.4. The predicted molar refractivity (Wildman–Crippen MR) is 117 cm³/mol. The fourth-order valence-electron chi connectivity index (χ4n) is 3.05. The number of rotatable bonds is 7. The number of carbonyl (C=O) groups excluding carboxylic acids is 2. The van der Waals surface area contributed by atoms with Gasteiger partial charge in [0.25, 0.3) is 11.6 Å². The monoisotopic (exact) mass is 458 g/mol. The Hall–Kier alpha value is -3.72. The summed E-state index contributed by atoms with van der Waals surface area (Å²) < 4.78 is 10.5. The topological polar surface area (TPSA) is 129 Å². The van der Waals surface area contributed by atoms with Crippen LogP contribution in [-0.2, 0) is 22.6 Å². The maximum Gasteiger partial charge on any atom is 0.336 e. The van der Waals surface area contributed by atoms with Crippen molar-refractivity contribution in [2.75, 3.05) is 0 Å². The molecule has 1 aromatic heterocycles. The molecule has 0 saturated carbocycles. The molecule has 0 aliphatic rings. The molecule has 32 heavy (non-hydrogen) atoms. The summed E-state index contributed by atoms with van der Waals surface area (Å²) in [5.41, 5.74) is 0.747. The average molecular weight is 459 g/mol. The zero-order valence-electron chi connectivity index (χ0n) is 17.2. The molecular weight excluding hydrogens is 440 g/mol. The van der Waals surface area contributed by atoms with Crippen molar-refractivity contribution in [2.24, 2.45) is 0 Å². The summed E-state index contributed by atoms with van der Waals surface area (Å²) in [6.07, 6.45) is 0.652. The molecule has 0 radical (unpaired) electrons. The third-order valence-corrected chi connectivity index (χ3v) is 5.12. The fraction of sp³-hybridized carbons (Fsp3) is 0.227. The van der Waals surface area contributed by atoms with E-state index in [2.05, 4.69) is 5.32 Å². The van der Waals surface area contributed by atoms with E-state index >= 15 is 0 Å². The first-order chi connectivity index (χ1) is 15.2. The lowest BCUT2D eigenvalue weighted by atomic mass is 10.1. The molecule has 0 aliphatic heterocycles. The molecule has 0 saturated heterocycles. The normalized spacial score (nSPS) is 11.7. The van der Waals surface area contributed by atoms with Crippen LogP contribution in [0.15, 0.2) is 51.7 Å². The minimum Gasteiger partial charge on any atom is -0.459 e. The molecule has 3 aromatic rings. The molecule has 0 aliphatic carbocycles. The molecular formula is C22H19ClN2O7. The summed E-state index contributed by atoms with van der Waals surface area (Å²) in [4.78, 5) is 46.8. The second-order valence-corrected chi connectivity index (χ2v) is 7.40. The summed E-state index contributed by atoms with van der Waals surface area (Å²) in [6, 6.07) is 8.62. The van der Waals surface area contributed by atoms with E-state index in [9.17, 15) is 24.5 Å². The Morgan fingerprint density at radius 3 is 2.66 bits per heavy atom. The van der Waals surface area contributed by atoms with Crippen molar-refractivity contribution in [3.63, 3.8) is 0 Å². The SMILES string of the molecule is CCc1cc2oc(=O)cc(COC(=O)[C@H](C)NC(=O)c3cccc([N+](=O)[O-])c3)c2cc1Cl. The van der Waals surface area contributed by atoms with Crippen LogP contribution in [0.4, 0.5) is 5.69 Å². The van der Waals surface area contributed by atoms with Gasteiger partial charge in [0.2, 0.25) is 0 Å². The summed E-state index contributed by atoms with van der Waals surface area (Å²) in [7, 11) is 0. The van der Waals surface area contributed by atoms with Crippen LogP contribution < -0.4 is 10.9 Å². The van der Waals surface area contributed by atoms with Gasteiger partial charge in [0.05, 0.1) is 4.92 Å². The number of hydrogen-bond acceptors (Lipinski definition) is 7. The van der Waals surface area contributed by atoms with Gasteiger partial charge in [-0.3, -0.25) is 14.9 Å². The Bertz CT molecular complexity index is 1270. The molecule has 166 valence electrons. The number of hydrogen-bond donors (Lipinski definition) is 1. The summed E-state index contributed by atoms with van der Waals surface area (Å²) in [6.45, 7) is 3.10. The molecule has 0 bridgehead atoms. The number of ether oxygens (including phenoxy) is 1. The summed E-state index contributed by atoms with van der Waals surface area (Å²) >= 11 is 6.26. The van der Waals surface area contributed by atoms with Crippen molar-refractivity contribution < 1.29 is 23.7 Å². The zero-order valence-corrected chi connectivity index (χ0v) is 18.0. The number of halogens is 1. The quantitative estimate of drug-likeness (QED) is 0.247. The van der Waals surface area contributed by atoms with Gasteiger partial charge in [0.15, 0.2) is 0 Å². The number of non-ortho nitro benzene ring substituents is 1. The van der Waals surface area contributed by atoms with Gasteiger partial charge < -0.3 is 14.5 Å². The van der Waals surface area contributed by atoms with Crippen LogP contribution in [0.25, 0.3) is 11.0 Å². The standard InChI is InChI=1S/C22H19ClN2O7/c1-3-13-8-19-17(10-18(13)23)15(9-20(26)32-19)11-31-22(28)12(2)24-21(27)14-5-4-6-16(7-14)25(29)30/h4-10,12H,3,11H2,1-2H3,(H,24,27)/t12-/m0/s1. The van der Waals surface area contributed by atoms with E-state index in [-0.39, 0.29) is 17.9 Å². The van der Waals surface area contributed by atoms with Crippen molar-refractivity contribution >= 4 is 40.1 Å². The second-order valence-electron chi connectivity index (χ2n) is 6.99. The average Bonchev–Trinajstić information content (AvgIpc) is 2.77. The van der Waals surface area contributed by atoms with Crippen LogP contribution >= 0.6 is 11.6 Å². The number of carbonyl (C=O) groups is 2. The molecule has 0 spiro atoms. The van der Waals surface area contributed by atoms with E-state index in [0.29, 0.717) is 28.0 Å². The van der Waals surface area contributed by atoms with E-state index < -0.39 is 28.5 Å². The van der Waals surface area contributed by atoms with Crippen molar-refractivity contribution in [3.8, 4) is 0 Å². The van der Waals surface area contributed by atoms with Crippen molar-refractivity contribution in [3.05, 3.63) is 84.7 Å². The fourth-order valence-corrected chi connectivity index (χ4v) is 3.35. The minimum absolute atomic E-state index is 0.0341. The van der Waals surface area contributed by atoms with Crippen LogP contribution in [0.2, 0.25) is 5.02 Å². The van der Waals surface area contributed by atoms with Crippen LogP contribution in [0, 0.1) is 10.1 Å². The summed E-state index contributed by atoms with van der Waals surface area (Å²) in [5.74, 6) is -1.41. The molecule has 1 N–H and O–H groups in total. The highest BCUT2D eigenvalue weighted by Crippen LogP contribution is 2.26. The lowest BCUT2D eigenvalue weighted by Gasteiger charge is -2.14. The first kappa shape index (κ1) is 23.0. The Morgan fingerprint density at radius 1 is 1.22 bits per heavy atom. The molecule has 2 aromatic carbocycles. The number of nitrogens with one attached hydrogen (secondary N) is 1. The third-order valence-electron chi connectivity index (χ3n) is 4.77. The van der Waals surface area contributed by atoms with Gasteiger partial charge in [-0.2, -0.15) is 0 Å². The Kier molecular flexibility index (Phi) is 6.89. The number of aryl methyl sites for hydroxylation is 1. The molecule has 10 heteroatoms. The molecule has 3 rings (SSSR count). The highest BCUT2D eigenvalue weighted by molar-refractivity contribution is 6.32. The second kappa shape index (κ2) is 9.61. The smallest absolute Gasteiger partial charge is 0.336 e. The highest BCUT2D eigenvalue weighted by Gasteiger charge is 2.20. The van der Waals surface area contributed by atoms with E-state index in [4.69, 9.17) is 20.8 Å². The van der Waals surface area contributed by atoms with Crippen molar-refractivity contribution in [1.82, 2.24) is 5.32 Å². The Labute approximate surface area is 187 Å². The van der Waals surface area contributed by atoms with E-state index in [1.807, 2.05) is 6.92 Å². The van der Waals surface area contributed by atoms with Crippen LogP contribution in [0.5, 0.6) is 0 Å². The number of nitro benzene ring substituents is 1. The van der Waals surface area contributed by atoms with E-state index in [1.165, 1.54) is 31.2 Å². The van der Waals surface area contributed by atoms with Gasteiger partial charge in [-0.05, 0) is 37.1 Å². The number of nitrogens with zero attached hydrogens (tertiary/aromatic N) is 1. The lowest BCUT2D eigenvalue weighted by Crippen LogP contribution is -2.39. The predicted octanol–water partition coefficient (Wildman–Crippen LogP) is 3.78. The lowest BCUT2D eigenvalue weighted by molar-refractivity contribution is -0.384. The maximum absolute atomic E-state index is 12.4. The van der Waals surface area contributed by atoms with Crippen LogP contribution in [-0.4, -0.2) is 22.8 Å². The minimum atomic E-state index is -1.04. The van der Waals surface area contributed by atoms with E-state index in [1.54, 1.807) is 12.1 Å². The van der Waals surface area contributed by atoms with Crippen LogP contribution in [0.3, 0.4) is 0 Å². The molecule has 0 unspecified atom stereocenters. The number of benzene rings is 2. The van der Waals surface area contributed by atoms with Gasteiger partial charge in [-0.15, -0.1) is 0 Å². The first-order valence-electron chi connectivity index (χ1n) is 9.66. The van der Waals surface area contributed by atoms with Gasteiger partial charge in [0, 0.05) is 39.7 Å². The van der Waals surface area contributed by atoms with Crippen molar-refractivity contribution in [2.45, 2.75) is 32.9 Å². The van der Waals surface area contributed by atoms with Crippen molar-refractivity contribution in [1.29, 1.82) is 0 Å². The van der Waals surface area contributed by atoms with Crippen LogP contribution in [0.1, 0.15) is 35.3 Å². The summed E-state index contributed by atoms with van der Waals surface area (Å²) in [5, 5.41) is 14.3. The van der Waals surface area contributed by atoms with Gasteiger partial charge >= 0.3 is 11.6 Å². The highest BCUT2D eigenvalue weighted by atomic mass is 35.5. The number of nitro groups is 1. The number of fused-ring (bicyclic) bond motifs is 1. The number of amides is 1. The van der Waals surface area contributed by atoms with Gasteiger partial charge in [-0.25, -0.2) is 9.59 Å². The first-order valence-corrected chi connectivity index (χ1v) is 10.0. The molecule has 1 atom stereocenters. The Morgan fingerprint density at radius 2 is 1.97 bits per heavy atom. The van der Waals surface area contributed by atoms with Gasteiger partial charge in [0.1, 0.15) is 18.2 Å². The third kappa shape index (κ3) is 5.12. The molecule has 0 fully saturated rings. The molecule has 9 nitrogen and oxygen atoms in total. The largest absolute Gasteiger partial charge is 0.459 e. The number of esters is 1. The Balaban J connectivity index is 1.71. The van der Waals surface area contributed by atoms with E-state index in [0.717, 1.165) is 11.6 Å².